The zero-order valence-corrected chi connectivity index (χ0v) is 14.8. The third kappa shape index (κ3) is 2.08. The number of amides is 1. The maximum absolute atomic E-state index is 13.3. The number of rotatable bonds is 2. The van der Waals surface area contributed by atoms with Crippen molar-refractivity contribution in [1.29, 1.82) is 0 Å². The van der Waals surface area contributed by atoms with Gasteiger partial charge in [0, 0.05) is 25.9 Å². The fourth-order valence-corrected chi connectivity index (χ4v) is 6.28. The van der Waals surface area contributed by atoms with E-state index in [0.29, 0.717) is 31.0 Å². The van der Waals surface area contributed by atoms with Gasteiger partial charge in [0.15, 0.2) is 5.72 Å². The second-order valence-electron chi connectivity index (χ2n) is 6.95. The second-order valence-corrected chi connectivity index (χ2v) is 8.81. The van der Waals surface area contributed by atoms with Crippen LogP contribution in [0.5, 0.6) is 0 Å². The van der Waals surface area contributed by atoms with E-state index in [4.69, 9.17) is 4.74 Å². The minimum absolute atomic E-state index is 0.000522. The number of aryl methyl sites for hydroxylation is 2. The Bertz CT molecular complexity index is 807. The van der Waals surface area contributed by atoms with Crippen LogP contribution in [0, 0.1) is 13.8 Å². The minimum atomic E-state index is -3.65. The van der Waals surface area contributed by atoms with Crippen LogP contribution >= 0.6 is 0 Å². The molecule has 1 aromatic carbocycles. The minimum Gasteiger partial charge on any atom is -0.354 e. The molecule has 0 bridgehead atoms. The highest BCUT2D eigenvalue weighted by molar-refractivity contribution is 7.89. The Kier molecular flexibility index (Phi) is 3.53. The van der Waals surface area contributed by atoms with E-state index in [1.807, 2.05) is 19.1 Å². The third-order valence-corrected chi connectivity index (χ3v) is 7.54. The number of ether oxygens (including phenoxy) is 1. The molecular formula is C17H22N2O4S. The van der Waals surface area contributed by atoms with Gasteiger partial charge in [-0.25, -0.2) is 8.42 Å². The summed E-state index contributed by atoms with van der Waals surface area (Å²) in [7, 11) is -3.65. The van der Waals surface area contributed by atoms with Crippen LogP contribution in [-0.4, -0.2) is 55.0 Å². The van der Waals surface area contributed by atoms with E-state index in [1.54, 1.807) is 17.9 Å². The predicted molar refractivity (Wildman–Crippen MR) is 87.8 cm³/mol. The van der Waals surface area contributed by atoms with E-state index in [9.17, 15) is 13.2 Å². The quantitative estimate of drug-likeness (QED) is 0.809. The monoisotopic (exact) mass is 350 g/mol. The average Bonchev–Trinajstić information content (AvgIpc) is 3.02. The van der Waals surface area contributed by atoms with Crippen molar-refractivity contribution in [2.45, 2.75) is 49.8 Å². The molecule has 3 aliphatic heterocycles. The van der Waals surface area contributed by atoms with E-state index in [-0.39, 0.29) is 12.3 Å². The number of sulfonamides is 1. The van der Waals surface area contributed by atoms with Gasteiger partial charge in [0.1, 0.15) is 0 Å². The molecule has 1 spiro atoms. The zero-order chi connectivity index (χ0) is 17.1. The summed E-state index contributed by atoms with van der Waals surface area (Å²) in [5, 5.41) is 0. The molecule has 4 rings (SSSR count). The lowest BCUT2D eigenvalue weighted by Gasteiger charge is -2.42. The van der Waals surface area contributed by atoms with Crippen LogP contribution in [0.2, 0.25) is 0 Å². The number of benzene rings is 1. The number of hydrogen-bond donors (Lipinski definition) is 0. The fraction of sp³-hybridized carbons (Fsp3) is 0.588. The zero-order valence-electron chi connectivity index (χ0n) is 14.0. The molecule has 3 heterocycles. The maximum Gasteiger partial charge on any atom is 0.243 e. The van der Waals surface area contributed by atoms with Crippen LogP contribution in [0.25, 0.3) is 0 Å². The van der Waals surface area contributed by atoms with Crippen molar-refractivity contribution in [2.24, 2.45) is 0 Å². The summed E-state index contributed by atoms with van der Waals surface area (Å²) in [6.45, 7) is 5.32. The maximum atomic E-state index is 13.3. The molecule has 7 heteroatoms. The molecule has 130 valence electrons. The first kappa shape index (κ1) is 16.1. The molecule has 0 N–H and O–H groups in total. The number of carbonyl (C=O) groups is 1. The van der Waals surface area contributed by atoms with E-state index >= 15 is 0 Å². The Labute approximate surface area is 142 Å². The summed E-state index contributed by atoms with van der Waals surface area (Å²) < 4.78 is 34.0. The van der Waals surface area contributed by atoms with Gasteiger partial charge in [-0.15, -0.1) is 0 Å². The molecule has 0 aromatic heterocycles. The number of hydrogen-bond acceptors (Lipinski definition) is 4. The van der Waals surface area contributed by atoms with Crippen molar-refractivity contribution >= 4 is 15.9 Å². The Balaban J connectivity index is 1.75. The topological polar surface area (TPSA) is 66.9 Å². The molecule has 0 aliphatic carbocycles. The Morgan fingerprint density at radius 3 is 2.83 bits per heavy atom. The van der Waals surface area contributed by atoms with E-state index in [2.05, 4.69) is 0 Å². The van der Waals surface area contributed by atoms with Gasteiger partial charge >= 0.3 is 0 Å². The Morgan fingerprint density at radius 2 is 2.04 bits per heavy atom. The van der Waals surface area contributed by atoms with Gasteiger partial charge in [-0.1, -0.05) is 12.1 Å². The van der Waals surface area contributed by atoms with Crippen molar-refractivity contribution in [1.82, 2.24) is 9.21 Å². The van der Waals surface area contributed by atoms with Gasteiger partial charge in [-0.3, -0.25) is 4.79 Å². The first-order chi connectivity index (χ1) is 11.4. The number of carbonyl (C=O) groups excluding carboxylic acids is 1. The SMILES string of the molecule is Cc1ccc(C)c(S(=O)(=O)N2CC[C@@]34OCCCN3C(=O)C[C@@H]24)c1. The molecule has 6 nitrogen and oxygen atoms in total. The molecule has 24 heavy (non-hydrogen) atoms. The molecule has 0 saturated carbocycles. The lowest BCUT2D eigenvalue weighted by atomic mass is 10.0. The molecular weight excluding hydrogens is 328 g/mol. The van der Waals surface area contributed by atoms with Crippen LogP contribution in [0.3, 0.4) is 0 Å². The van der Waals surface area contributed by atoms with Crippen LogP contribution in [0.15, 0.2) is 23.1 Å². The van der Waals surface area contributed by atoms with Gasteiger partial charge in [-0.2, -0.15) is 4.31 Å². The first-order valence-corrected chi connectivity index (χ1v) is 9.84. The molecule has 1 aromatic rings. The molecule has 3 fully saturated rings. The lowest BCUT2D eigenvalue weighted by molar-refractivity contribution is -0.178. The molecule has 3 saturated heterocycles. The molecule has 2 atom stereocenters. The van der Waals surface area contributed by atoms with Crippen molar-refractivity contribution in [3.05, 3.63) is 29.3 Å². The van der Waals surface area contributed by atoms with Gasteiger partial charge < -0.3 is 9.64 Å². The Morgan fingerprint density at radius 1 is 1.25 bits per heavy atom. The summed E-state index contributed by atoms with van der Waals surface area (Å²) in [5.74, 6) is 0.000522. The van der Waals surface area contributed by atoms with Crippen molar-refractivity contribution < 1.29 is 17.9 Å². The molecule has 3 aliphatic rings. The van der Waals surface area contributed by atoms with Crippen molar-refractivity contribution in [2.75, 3.05) is 19.7 Å². The van der Waals surface area contributed by atoms with Crippen LogP contribution in [0.1, 0.15) is 30.4 Å². The average molecular weight is 350 g/mol. The standard InChI is InChI=1S/C17H22N2O4S/c1-12-4-5-13(2)14(10-12)24(21,22)19-8-6-17-15(19)11-16(20)18(17)7-3-9-23-17/h4-5,10,15H,3,6-9,11H2,1-2H3/t15-,17+/m1/s1. The fourth-order valence-electron chi connectivity index (χ4n) is 4.31. The van der Waals surface area contributed by atoms with Gasteiger partial charge in [0.2, 0.25) is 15.9 Å². The summed E-state index contributed by atoms with van der Waals surface area (Å²) in [5.41, 5.74) is 0.888. The largest absolute Gasteiger partial charge is 0.354 e. The van der Waals surface area contributed by atoms with E-state index < -0.39 is 21.8 Å². The first-order valence-electron chi connectivity index (χ1n) is 8.40. The van der Waals surface area contributed by atoms with Gasteiger partial charge in [0.25, 0.3) is 0 Å². The van der Waals surface area contributed by atoms with Gasteiger partial charge in [0.05, 0.1) is 17.5 Å². The normalized spacial score (nSPS) is 30.5. The summed E-state index contributed by atoms with van der Waals surface area (Å²) in [6, 6.07) is 5.03. The Hall–Kier alpha value is -1.44. The van der Waals surface area contributed by atoms with Crippen LogP contribution in [-0.2, 0) is 19.6 Å². The van der Waals surface area contributed by atoms with E-state index in [0.717, 1.165) is 17.5 Å². The molecule has 0 radical (unpaired) electrons. The van der Waals surface area contributed by atoms with E-state index in [1.165, 1.54) is 4.31 Å². The van der Waals surface area contributed by atoms with Gasteiger partial charge in [-0.05, 0) is 37.5 Å². The third-order valence-electron chi connectivity index (χ3n) is 5.49. The van der Waals surface area contributed by atoms with Crippen LogP contribution in [0.4, 0.5) is 0 Å². The van der Waals surface area contributed by atoms with Crippen molar-refractivity contribution in [3.8, 4) is 0 Å². The second kappa shape index (κ2) is 5.28. The summed E-state index contributed by atoms with van der Waals surface area (Å²) >= 11 is 0. The van der Waals surface area contributed by atoms with Crippen LogP contribution < -0.4 is 0 Å². The highest BCUT2D eigenvalue weighted by Crippen LogP contribution is 2.46. The highest BCUT2D eigenvalue weighted by Gasteiger charge is 2.63. The smallest absolute Gasteiger partial charge is 0.243 e. The highest BCUT2D eigenvalue weighted by atomic mass is 32.2. The van der Waals surface area contributed by atoms with Crippen molar-refractivity contribution in [3.63, 3.8) is 0 Å². The predicted octanol–water partition coefficient (Wildman–Crippen LogP) is 1.42. The molecule has 0 unspecified atom stereocenters. The lowest BCUT2D eigenvalue weighted by Crippen LogP contribution is -2.56. The summed E-state index contributed by atoms with van der Waals surface area (Å²) in [4.78, 5) is 14.5. The number of nitrogens with zero attached hydrogens (tertiary/aromatic N) is 2. The summed E-state index contributed by atoms with van der Waals surface area (Å²) in [6.07, 6.45) is 1.57. The molecule has 1 amide bonds.